The van der Waals surface area contributed by atoms with Crippen molar-refractivity contribution in [2.75, 3.05) is 5.32 Å². The minimum Gasteiger partial charge on any atom is -0.351 e. The van der Waals surface area contributed by atoms with Crippen LogP contribution in [0.3, 0.4) is 0 Å². The molecule has 0 spiro atoms. The Morgan fingerprint density at radius 1 is 1.09 bits per heavy atom. The zero-order valence-electron chi connectivity index (χ0n) is 12.0. The number of nitrogens with zero attached hydrogens (tertiary/aromatic N) is 3. The molecular weight excluding hydrogens is 278 g/mol. The topological polar surface area (TPSA) is 85.8 Å². The molecular formula is C16H15N5O. The predicted octanol–water partition coefficient (Wildman–Crippen LogP) is 2.73. The summed E-state index contributed by atoms with van der Waals surface area (Å²) in [4.78, 5) is 12.7. The first kappa shape index (κ1) is 13.8. The smallest absolute Gasteiger partial charge is 0.317 e. The van der Waals surface area contributed by atoms with Gasteiger partial charge in [-0.05, 0) is 24.6 Å². The van der Waals surface area contributed by atoms with Crippen molar-refractivity contribution in [1.29, 1.82) is 0 Å². The second kappa shape index (κ2) is 5.69. The van der Waals surface area contributed by atoms with Gasteiger partial charge in [0.2, 0.25) is 0 Å². The molecule has 3 N–H and O–H groups in total. The number of carbonyl (C=O) groups is 1. The van der Waals surface area contributed by atoms with Gasteiger partial charge in [0, 0.05) is 5.56 Å². The zero-order chi connectivity index (χ0) is 15.5. The number of hydrogen-bond acceptors (Lipinski definition) is 3. The lowest BCUT2D eigenvalue weighted by Crippen LogP contribution is -2.20. The van der Waals surface area contributed by atoms with Crippen molar-refractivity contribution in [2.24, 2.45) is 5.73 Å². The van der Waals surface area contributed by atoms with E-state index in [1.54, 1.807) is 0 Å². The summed E-state index contributed by atoms with van der Waals surface area (Å²) in [5.74, 6) is 0.334. The summed E-state index contributed by atoms with van der Waals surface area (Å²) < 4.78 is 0. The van der Waals surface area contributed by atoms with Gasteiger partial charge in [0.1, 0.15) is 5.69 Å². The van der Waals surface area contributed by atoms with Gasteiger partial charge in [-0.1, -0.05) is 42.5 Å². The van der Waals surface area contributed by atoms with E-state index in [2.05, 4.69) is 15.5 Å². The fraction of sp³-hybridized carbons (Fsp3) is 0.0625. The number of aryl methyl sites for hydroxylation is 1. The number of nitrogens with one attached hydrogen (secondary N) is 1. The van der Waals surface area contributed by atoms with E-state index in [4.69, 9.17) is 5.73 Å². The van der Waals surface area contributed by atoms with Gasteiger partial charge in [-0.15, -0.1) is 15.0 Å². The Balaban J connectivity index is 2.10. The van der Waals surface area contributed by atoms with Crippen LogP contribution in [0.1, 0.15) is 5.56 Å². The zero-order valence-corrected chi connectivity index (χ0v) is 12.0. The van der Waals surface area contributed by atoms with Gasteiger partial charge in [-0.25, -0.2) is 4.79 Å². The Bertz CT molecular complexity index is 810. The van der Waals surface area contributed by atoms with Crippen molar-refractivity contribution in [2.45, 2.75) is 6.92 Å². The summed E-state index contributed by atoms with van der Waals surface area (Å²) in [5, 5.41) is 11.3. The van der Waals surface area contributed by atoms with Crippen LogP contribution < -0.4 is 11.1 Å². The molecule has 1 aromatic heterocycles. The lowest BCUT2D eigenvalue weighted by Gasteiger charge is -2.00. The third kappa shape index (κ3) is 2.80. The number of urea groups is 1. The van der Waals surface area contributed by atoms with Gasteiger partial charge in [-0.2, -0.15) is 0 Å². The molecule has 110 valence electrons. The molecule has 0 atom stereocenters. The molecule has 0 radical (unpaired) electrons. The van der Waals surface area contributed by atoms with E-state index in [0.29, 0.717) is 11.5 Å². The Kier molecular flexibility index (Phi) is 3.57. The molecule has 0 unspecified atom stereocenters. The number of aromatic nitrogens is 3. The molecule has 2 aromatic carbocycles. The van der Waals surface area contributed by atoms with Crippen LogP contribution >= 0.6 is 0 Å². The molecule has 3 rings (SSSR count). The van der Waals surface area contributed by atoms with E-state index in [-0.39, 0.29) is 0 Å². The SMILES string of the molecule is Cc1cccc(-n2nc(NC(N)=O)c(-c3ccccc3)n2)c1. The molecule has 0 aliphatic rings. The molecule has 6 heteroatoms. The van der Waals surface area contributed by atoms with Gasteiger partial charge in [0.25, 0.3) is 0 Å². The van der Waals surface area contributed by atoms with Crippen LogP contribution in [-0.4, -0.2) is 21.0 Å². The summed E-state index contributed by atoms with van der Waals surface area (Å²) >= 11 is 0. The molecule has 0 saturated carbocycles. The number of primary amides is 1. The van der Waals surface area contributed by atoms with E-state index in [0.717, 1.165) is 16.8 Å². The van der Waals surface area contributed by atoms with E-state index >= 15 is 0 Å². The van der Waals surface area contributed by atoms with Crippen LogP contribution in [0.2, 0.25) is 0 Å². The monoisotopic (exact) mass is 293 g/mol. The molecule has 0 bridgehead atoms. The molecule has 0 saturated heterocycles. The predicted molar refractivity (Wildman–Crippen MR) is 84.7 cm³/mol. The van der Waals surface area contributed by atoms with Gasteiger partial charge < -0.3 is 5.73 Å². The van der Waals surface area contributed by atoms with Crippen LogP contribution in [0.25, 0.3) is 16.9 Å². The molecule has 3 aromatic rings. The standard InChI is InChI=1S/C16H15N5O/c1-11-6-5-9-13(10-11)21-19-14(12-7-3-2-4-8-12)15(20-21)18-16(17)22/h2-10H,1H3,(H3,17,18,20,22). The summed E-state index contributed by atoms with van der Waals surface area (Å²) in [7, 11) is 0. The summed E-state index contributed by atoms with van der Waals surface area (Å²) in [6, 6.07) is 16.6. The van der Waals surface area contributed by atoms with Gasteiger partial charge >= 0.3 is 6.03 Å². The summed E-state index contributed by atoms with van der Waals surface area (Å²) in [6.07, 6.45) is 0. The van der Waals surface area contributed by atoms with Gasteiger partial charge in [0.15, 0.2) is 5.82 Å². The van der Waals surface area contributed by atoms with Gasteiger partial charge in [-0.3, -0.25) is 5.32 Å². The van der Waals surface area contributed by atoms with Crippen molar-refractivity contribution < 1.29 is 4.79 Å². The van der Waals surface area contributed by atoms with Crippen LogP contribution in [0.4, 0.5) is 10.6 Å². The molecule has 2 amide bonds. The maximum atomic E-state index is 11.2. The first-order valence-electron chi connectivity index (χ1n) is 6.80. The Morgan fingerprint density at radius 3 is 2.55 bits per heavy atom. The van der Waals surface area contributed by atoms with Crippen LogP contribution in [0.5, 0.6) is 0 Å². The second-order valence-corrected chi connectivity index (χ2v) is 4.88. The van der Waals surface area contributed by atoms with Crippen molar-refractivity contribution >= 4 is 11.8 Å². The van der Waals surface area contributed by atoms with Crippen molar-refractivity contribution in [3.8, 4) is 16.9 Å². The second-order valence-electron chi connectivity index (χ2n) is 4.88. The Morgan fingerprint density at radius 2 is 1.86 bits per heavy atom. The number of benzene rings is 2. The molecule has 0 aliphatic heterocycles. The molecule has 0 fully saturated rings. The van der Waals surface area contributed by atoms with Crippen LogP contribution in [0.15, 0.2) is 54.6 Å². The van der Waals surface area contributed by atoms with E-state index in [1.165, 1.54) is 4.80 Å². The molecule has 22 heavy (non-hydrogen) atoms. The lowest BCUT2D eigenvalue weighted by molar-refractivity contribution is 0.259. The highest BCUT2D eigenvalue weighted by atomic mass is 16.2. The number of carbonyl (C=O) groups excluding carboxylic acids is 1. The summed E-state index contributed by atoms with van der Waals surface area (Å²) in [6.45, 7) is 1.99. The van der Waals surface area contributed by atoms with Crippen molar-refractivity contribution in [1.82, 2.24) is 15.0 Å². The number of rotatable bonds is 3. The van der Waals surface area contributed by atoms with E-state index < -0.39 is 6.03 Å². The highest BCUT2D eigenvalue weighted by Crippen LogP contribution is 2.25. The highest BCUT2D eigenvalue weighted by Gasteiger charge is 2.15. The average Bonchev–Trinajstić information content (AvgIpc) is 2.91. The van der Waals surface area contributed by atoms with Crippen LogP contribution in [-0.2, 0) is 0 Å². The largest absolute Gasteiger partial charge is 0.351 e. The molecule has 1 heterocycles. The third-order valence-electron chi connectivity index (χ3n) is 3.14. The number of amides is 2. The maximum absolute atomic E-state index is 11.2. The van der Waals surface area contributed by atoms with E-state index in [9.17, 15) is 4.79 Å². The normalized spacial score (nSPS) is 10.4. The first-order valence-corrected chi connectivity index (χ1v) is 6.80. The van der Waals surface area contributed by atoms with Crippen LogP contribution in [0, 0.1) is 6.92 Å². The summed E-state index contributed by atoms with van der Waals surface area (Å²) in [5.41, 5.74) is 8.55. The first-order chi connectivity index (χ1) is 10.6. The lowest BCUT2D eigenvalue weighted by atomic mass is 10.1. The fourth-order valence-electron chi connectivity index (χ4n) is 2.17. The number of anilines is 1. The van der Waals surface area contributed by atoms with E-state index in [1.807, 2.05) is 61.5 Å². The third-order valence-corrected chi connectivity index (χ3v) is 3.14. The Labute approximate surface area is 127 Å². The number of hydrogen-bond donors (Lipinski definition) is 2. The quantitative estimate of drug-likeness (QED) is 0.778. The minimum atomic E-state index is -0.673. The van der Waals surface area contributed by atoms with Gasteiger partial charge in [0.05, 0.1) is 5.69 Å². The Hall–Kier alpha value is -3.15. The fourth-order valence-corrected chi connectivity index (χ4v) is 2.17. The average molecular weight is 293 g/mol. The highest BCUT2D eigenvalue weighted by molar-refractivity contribution is 5.90. The minimum absolute atomic E-state index is 0.334. The van der Waals surface area contributed by atoms with Crippen molar-refractivity contribution in [3.63, 3.8) is 0 Å². The maximum Gasteiger partial charge on any atom is 0.317 e. The van der Waals surface area contributed by atoms with Crippen molar-refractivity contribution in [3.05, 3.63) is 60.2 Å². The number of nitrogens with two attached hydrogens (primary N) is 1. The molecule has 6 nitrogen and oxygen atoms in total. The molecule has 0 aliphatic carbocycles.